The van der Waals surface area contributed by atoms with Gasteiger partial charge in [0.25, 0.3) is 5.91 Å². The van der Waals surface area contributed by atoms with Crippen molar-refractivity contribution in [1.82, 2.24) is 10.6 Å². The first-order valence-corrected chi connectivity index (χ1v) is 7.98. The van der Waals surface area contributed by atoms with Gasteiger partial charge in [-0.3, -0.25) is 9.59 Å². The van der Waals surface area contributed by atoms with Gasteiger partial charge in [0.05, 0.1) is 6.54 Å². The molecule has 24 heavy (non-hydrogen) atoms. The highest BCUT2D eigenvalue weighted by Crippen LogP contribution is 2.17. The number of carbonyl (C=O) groups excluding carboxylic acids is 2. The molecule has 3 N–H and O–H groups in total. The third-order valence-corrected chi connectivity index (χ3v) is 3.81. The molecule has 2 rings (SSSR count). The molecule has 2 aromatic rings. The minimum absolute atomic E-state index is 0.00470. The van der Waals surface area contributed by atoms with Gasteiger partial charge in [-0.25, -0.2) is 0 Å². The first-order chi connectivity index (χ1) is 11.5. The van der Waals surface area contributed by atoms with Crippen molar-refractivity contribution in [3.63, 3.8) is 0 Å². The van der Waals surface area contributed by atoms with Crippen LogP contribution in [0.2, 0.25) is 5.02 Å². The molecule has 126 valence electrons. The summed E-state index contributed by atoms with van der Waals surface area (Å²) in [6, 6.07) is 14.2. The van der Waals surface area contributed by atoms with E-state index < -0.39 is 0 Å². The van der Waals surface area contributed by atoms with Crippen LogP contribution in [0.4, 0.5) is 5.69 Å². The molecule has 1 atom stereocenters. The van der Waals surface area contributed by atoms with Crippen LogP contribution in [0.15, 0.2) is 48.5 Å². The lowest BCUT2D eigenvalue weighted by atomic mass is 10.1. The molecule has 2 aromatic carbocycles. The molecule has 5 nitrogen and oxygen atoms in total. The highest BCUT2D eigenvalue weighted by atomic mass is 35.5. The summed E-state index contributed by atoms with van der Waals surface area (Å²) in [6.07, 6.45) is 0. The molecule has 0 aliphatic heterocycles. The molecule has 0 bridgehead atoms. The van der Waals surface area contributed by atoms with E-state index in [2.05, 4.69) is 16.0 Å². The van der Waals surface area contributed by atoms with Crippen LogP contribution in [0, 0.1) is 0 Å². The Labute approximate surface area is 146 Å². The summed E-state index contributed by atoms with van der Waals surface area (Å²) in [7, 11) is 1.57. The molecular weight excluding hydrogens is 326 g/mol. The number of nitrogens with one attached hydrogen (secondary N) is 3. The minimum Gasteiger partial charge on any atom is -0.355 e. The summed E-state index contributed by atoms with van der Waals surface area (Å²) < 4.78 is 0. The molecule has 0 spiro atoms. The quantitative estimate of drug-likeness (QED) is 0.753. The van der Waals surface area contributed by atoms with E-state index >= 15 is 0 Å². The maximum atomic E-state index is 12.0. The zero-order chi connectivity index (χ0) is 17.5. The van der Waals surface area contributed by atoms with Gasteiger partial charge in [0.15, 0.2) is 0 Å². The topological polar surface area (TPSA) is 70.2 Å². The largest absolute Gasteiger partial charge is 0.355 e. The van der Waals surface area contributed by atoms with E-state index in [-0.39, 0.29) is 24.4 Å². The molecule has 0 radical (unpaired) electrons. The fraction of sp³-hybridized carbons (Fsp3) is 0.222. The minimum atomic E-state index is -0.162. The normalized spacial score (nSPS) is 11.6. The number of halogens is 1. The zero-order valence-electron chi connectivity index (χ0n) is 13.6. The zero-order valence-corrected chi connectivity index (χ0v) is 14.4. The smallest absolute Gasteiger partial charge is 0.251 e. The molecule has 0 heterocycles. The number of rotatable bonds is 6. The number of anilines is 1. The van der Waals surface area contributed by atoms with Gasteiger partial charge in [-0.15, -0.1) is 0 Å². The van der Waals surface area contributed by atoms with Crippen molar-refractivity contribution in [3.8, 4) is 0 Å². The van der Waals surface area contributed by atoms with E-state index in [1.807, 2.05) is 31.2 Å². The lowest BCUT2D eigenvalue weighted by molar-refractivity contribution is -0.115. The van der Waals surface area contributed by atoms with Gasteiger partial charge in [-0.1, -0.05) is 23.7 Å². The van der Waals surface area contributed by atoms with Crippen molar-refractivity contribution in [2.45, 2.75) is 13.0 Å². The first-order valence-electron chi connectivity index (χ1n) is 7.60. The molecular formula is C18H20ClN3O2. The number of hydrogen-bond donors (Lipinski definition) is 3. The summed E-state index contributed by atoms with van der Waals surface area (Å²) in [6.45, 7) is 2.14. The van der Waals surface area contributed by atoms with Gasteiger partial charge in [0.2, 0.25) is 5.91 Å². The Morgan fingerprint density at radius 3 is 2.46 bits per heavy atom. The average Bonchev–Trinajstić information content (AvgIpc) is 2.59. The Kier molecular flexibility index (Phi) is 6.35. The van der Waals surface area contributed by atoms with Crippen LogP contribution in [-0.2, 0) is 4.79 Å². The van der Waals surface area contributed by atoms with E-state index in [1.54, 1.807) is 31.3 Å². The summed E-state index contributed by atoms with van der Waals surface area (Å²) >= 11 is 5.97. The number of carbonyl (C=O) groups is 2. The third kappa shape index (κ3) is 5.08. The van der Waals surface area contributed by atoms with E-state index in [1.165, 1.54) is 0 Å². The van der Waals surface area contributed by atoms with Crippen molar-refractivity contribution in [2.75, 3.05) is 18.9 Å². The molecule has 0 saturated carbocycles. The Balaban J connectivity index is 1.86. The lowest BCUT2D eigenvalue weighted by Crippen LogP contribution is -2.30. The first kappa shape index (κ1) is 18.0. The van der Waals surface area contributed by atoms with Crippen LogP contribution >= 0.6 is 11.6 Å². The fourth-order valence-corrected chi connectivity index (χ4v) is 2.39. The fourth-order valence-electron chi connectivity index (χ4n) is 2.19. The Bertz CT molecular complexity index is 716. The predicted octanol–water partition coefficient (Wildman–Crippen LogP) is 2.99. The van der Waals surface area contributed by atoms with Crippen molar-refractivity contribution >= 4 is 29.1 Å². The highest BCUT2D eigenvalue weighted by molar-refractivity contribution is 6.30. The van der Waals surface area contributed by atoms with Gasteiger partial charge in [-0.2, -0.15) is 0 Å². The molecule has 0 aromatic heterocycles. The Hall–Kier alpha value is -2.37. The maximum Gasteiger partial charge on any atom is 0.251 e. The molecule has 0 aliphatic carbocycles. The van der Waals surface area contributed by atoms with E-state index in [4.69, 9.17) is 11.6 Å². The molecule has 6 heteroatoms. The predicted molar refractivity (Wildman–Crippen MR) is 96.3 cm³/mol. The number of amides is 2. The standard InChI is InChI=1S/C18H20ClN3O2/c1-12(14-4-3-5-15(19)10-14)21-11-17(23)22-16-8-6-13(7-9-16)18(24)20-2/h3-10,12,21H,11H2,1-2H3,(H,20,24)(H,22,23)/t12-/m1/s1. The summed E-state index contributed by atoms with van der Waals surface area (Å²) in [5.74, 6) is -0.318. The Morgan fingerprint density at radius 2 is 1.83 bits per heavy atom. The number of hydrogen-bond acceptors (Lipinski definition) is 3. The van der Waals surface area contributed by atoms with Crippen LogP contribution in [-0.4, -0.2) is 25.4 Å². The van der Waals surface area contributed by atoms with Crippen LogP contribution in [0.25, 0.3) is 0 Å². The summed E-state index contributed by atoms with van der Waals surface area (Å²) in [5, 5.41) is 9.15. The Morgan fingerprint density at radius 1 is 1.12 bits per heavy atom. The molecule has 0 unspecified atom stereocenters. The number of benzene rings is 2. The second kappa shape index (κ2) is 8.47. The van der Waals surface area contributed by atoms with Crippen LogP contribution < -0.4 is 16.0 Å². The van der Waals surface area contributed by atoms with Crippen LogP contribution in [0.3, 0.4) is 0 Å². The van der Waals surface area contributed by atoms with Gasteiger partial charge in [-0.05, 0) is 48.9 Å². The molecule has 0 aliphatic rings. The van der Waals surface area contributed by atoms with Crippen molar-refractivity contribution < 1.29 is 9.59 Å². The van der Waals surface area contributed by atoms with E-state index in [0.717, 1.165) is 5.56 Å². The van der Waals surface area contributed by atoms with Crippen LogP contribution in [0.5, 0.6) is 0 Å². The van der Waals surface area contributed by atoms with Gasteiger partial charge in [0.1, 0.15) is 0 Å². The summed E-state index contributed by atoms with van der Waals surface area (Å²) in [5.41, 5.74) is 2.21. The van der Waals surface area contributed by atoms with Crippen molar-refractivity contribution in [2.24, 2.45) is 0 Å². The molecule has 0 saturated heterocycles. The van der Waals surface area contributed by atoms with Gasteiger partial charge >= 0.3 is 0 Å². The van der Waals surface area contributed by atoms with Gasteiger partial charge < -0.3 is 16.0 Å². The maximum absolute atomic E-state index is 12.0. The average molecular weight is 346 g/mol. The van der Waals surface area contributed by atoms with Crippen molar-refractivity contribution in [1.29, 1.82) is 0 Å². The second-order valence-corrected chi connectivity index (χ2v) is 5.80. The van der Waals surface area contributed by atoms with Crippen LogP contribution in [0.1, 0.15) is 28.9 Å². The van der Waals surface area contributed by atoms with Crippen molar-refractivity contribution in [3.05, 3.63) is 64.7 Å². The highest BCUT2D eigenvalue weighted by Gasteiger charge is 2.09. The second-order valence-electron chi connectivity index (χ2n) is 5.36. The third-order valence-electron chi connectivity index (χ3n) is 3.58. The molecule has 2 amide bonds. The van der Waals surface area contributed by atoms with Gasteiger partial charge in [0, 0.05) is 29.4 Å². The lowest BCUT2D eigenvalue weighted by Gasteiger charge is -2.14. The van der Waals surface area contributed by atoms with E-state index in [0.29, 0.717) is 16.3 Å². The van der Waals surface area contributed by atoms with E-state index in [9.17, 15) is 9.59 Å². The SMILES string of the molecule is CNC(=O)c1ccc(NC(=O)CN[C@H](C)c2cccc(Cl)c2)cc1. The molecule has 0 fully saturated rings. The summed E-state index contributed by atoms with van der Waals surface area (Å²) in [4.78, 5) is 23.5. The monoisotopic (exact) mass is 345 g/mol.